The maximum absolute atomic E-state index is 12.3. The van der Waals surface area contributed by atoms with E-state index in [9.17, 15) is 13.6 Å². The predicted molar refractivity (Wildman–Crippen MR) is 56.7 cm³/mol. The number of halogens is 2. The second-order valence-corrected chi connectivity index (χ2v) is 3.69. The molecule has 0 saturated carbocycles. The molecule has 1 aliphatic heterocycles. The Labute approximate surface area is 96.7 Å². The maximum Gasteiger partial charge on any atom is 0.316 e. The number of hydrogen-bond acceptors (Lipinski definition) is 3. The number of nitrogens with zero attached hydrogens (tertiary/aromatic N) is 1. The number of carbonyl (C=O) groups is 1. The Morgan fingerprint density at radius 1 is 1.35 bits per heavy atom. The predicted octanol–water partition coefficient (Wildman–Crippen LogP) is 1.95. The normalized spacial score (nSPS) is 13.0. The summed E-state index contributed by atoms with van der Waals surface area (Å²) in [6.07, 6.45) is -3.02. The monoisotopic (exact) mass is 243 g/mol. The largest absolute Gasteiger partial charge is 0.454 e. The summed E-state index contributed by atoms with van der Waals surface area (Å²) < 4.78 is 34.9. The molecule has 0 saturated heterocycles. The average Bonchev–Trinajstić information content (AvgIpc) is 2.72. The second-order valence-electron chi connectivity index (χ2n) is 3.69. The summed E-state index contributed by atoms with van der Waals surface area (Å²) in [5.41, 5.74) is 1.06. The van der Waals surface area contributed by atoms with Gasteiger partial charge < -0.3 is 14.4 Å². The van der Waals surface area contributed by atoms with Crippen molar-refractivity contribution in [3.63, 3.8) is 0 Å². The molecule has 1 aromatic rings. The number of amides is 1. The van der Waals surface area contributed by atoms with Crippen molar-refractivity contribution in [3.8, 4) is 11.5 Å². The van der Waals surface area contributed by atoms with Gasteiger partial charge in [0.25, 0.3) is 5.91 Å². The van der Waals surface area contributed by atoms with Crippen LogP contribution >= 0.6 is 0 Å². The fourth-order valence-corrected chi connectivity index (χ4v) is 1.66. The van der Waals surface area contributed by atoms with Crippen LogP contribution in [0.5, 0.6) is 11.5 Å². The fourth-order valence-electron chi connectivity index (χ4n) is 1.66. The van der Waals surface area contributed by atoms with Crippen LogP contribution in [0, 0.1) is 6.92 Å². The van der Waals surface area contributed by atoms with Gasteiger partial charge in [0.2, 0.25) is 6.79 Å². The molecule has 1 heterocycles. The van der Waals surface area contributed by atoms with Crippen LogP contribution in [-0.4, -0.2) is 26.2 Å². The van der Waals surface area contributed by atoms with E-state index >= 15 is 0 Å². The fraction of sp³-hybridized carbons (Fsp3) is 0.364. The smallest absolute Gasteiger partial charge is 0.316 e. The number of aryl methyl sites for hydroxylation is 1. The summed E-state index contributed by atoms with van der Waals surface area (Å²) in [4.78, 5) is 12.1. The van der Waals surface area contributed by atoms with Gasteiger partial charge >= 0.3 is 6.43 Å². The van der Waals surface area contributed by atoms with E-state index in [1.54, 1.807) is 13.0 Å². The third kappa shape index (κ3) is 2.02. The number of rotatable bonds is 2. The van der Waals surface area contributed by atoms with Crippen molar-refractivity contribution in [2.75, 3.05) is 18.7 Å². The highest BCUT2D eigenvalue weighted by Crippen LogP contribution is 2.38. The third-order valence-corrected chi connectivity index (χ3v) is 2.57. The second kappa shape index (κ2) is 4.20. The lowest BCUT2D eigenvalue weighted by Crippen LogP contribution is -2.32. The molecular formula is C11H11F2NO3. The third-order valence-electron chi connectivity index (χ3n) is 2.57. The highest BCUT2D eigenvalue weighted by atomic mass is 19.3. The molecule has 0 atom stereocenters. The van der Waals surface area contributed by atoms with Crippen molar-refractivity contribution in [3.05, 3.63) is 17.7 Å². The zero-order chi connectivity index (χ0) is 12.6. The zero-order valence-electron chi connectivity index (χ0n) is 9.37. The lowest BCUT2D eigenvalue weighted by atomic mass is 10.1. The molecule has 0 bridgehead atoms. The van der Waals surface area contributed by atoms with Gasteiger partial charge in [-0.25, -0.2) is 0 Å². The summed E-state index contributed by atoms with van der Waals surface area (Å²) in [6, 6.07) is 3.19. The van der Waals surface area contributed by atoms with Gasteiger partial charge in [-0.2, -0.15) is 8.78 Å². The van der Waals surface area contributed by atoms with Crippen molar-refractivity contribution in [1.82, 2.24) is 0 Å². The number of anilines is 1. The van der Waals surface area contributed by atoms with E-state index in [-0.39, 0.29) is 6.79 Å². The molecule has 92 valence electrons. The number of carbonyl (C=O) groups excluding carboxylic acids is 1. The van der Waals surface area contributed by atoms with Crippen LogP contribution in [-0.2, 0) is 4.79 Å². The van der Waals surface area contributed by atoms with Gasteiger partial charge in [-0.3, -0.25) is 4.79 Å². The summed E-state index contributed by atoms with van der Waals surface area (Å²) in [6.45, 7) is 1.82. The Balaban J connectivity index is 2.36. The van der Waals surface area contributed by atoms with Crippen LogP contribution < -0.4 is 14.4 Å². The highest BCUT2D eigenvalue weighted by molar-refractivity contribution is 5.96. The Kier molecular flexibility index (Phi) is 2.87. The molecule has 1 amide bonds. The number of ether oxygens (including phenoxy) is 2. The molecule has 1 aliphatic rings. The van der Waals surface area contributed by atoms with Gasteiger partial charge in [-0.1, -0.05) is 0 Å². The molecule has 0 radical (unpaired) electrons. The standard InChI is InChI=1S/C11H11F2NO3/c1-6-3-8-9(17-5-16-8)4-7(6)14(2)11(15)10(12)13/h3-4,10H,5H2,1-2H3. The first-order valence-electron chi connectivity index (χ1n) is 4.96. The van der Waals surface area contributed by atoms with E-state index in [4.69, 9.17) is 9.47 Å². The molecule has 0 aliphatic carbocycles. The van der Waals surface area contributed by atoms with E-state index in [1.165, 1.54) is 13.1 Å². The zero-order valence-corrected chi connectivity index (χ0v) is 9.37. The Hall–Kier alpha value is -1.85. The SMILES string of the molecule is Cc1cc2c(cc1N(C)C(=O)C(F)F)OCO2. The molecule has 0 N–H and O–H groups in total. The van der Waals surface area contributed by atoms with E-state index in [2.05, 4.69) is 0 Å². The van der Waals surface area contributed by atoms with Gasteiger partial charge in [0.1, 0.15) is 0 Å². The number of hydrogen-bond donors (Lipinski definition) is 0. The van der Waals surface area contributed by atoms with Crippen molar-refractivity contribution < 1.29 is 23.0 Å². The van der Waals surface area contributed by atoms with Crippen LogP contribution in [0.4, 0.5) is 14.5 Å². The first-order chi connectivity index (χ1) is 8.00. The van der Waals surface area contributed by atoms with E-state index in [0.29, 0.717) is 22.7 Å². The van der Waals surface area contributed by atoms with Crippen molar-refractivity contribution in [1.29, 1.82) is 0 Å². The maximum atomic E-state index is 12.3. The summed E-state index contributed by atoms with van der Waals surface area (Å²) >= 11 is 0. The van der Waals surface area contributed by atoms with Crippen LogP contribution in [0.15, 0.2) is 12.1 Å². The molecule has 2 rings (SSSR count). The van der Waals surface area contributed by atoms with Crippen LogP contribution in [0.1, 0.15) is 5.56 Å². The van der Waals surface area contributed by atoms with Crippen LogP contribution in [0.25, 0.3) is 0 Å². The number of fused-ring (bicyclic) bond motifs is 1. The molecule has 17 heavy (non-hydrogen) atoms. The molecule has 1 aromatic carbocycles. The van der Waals surface area contributed by atoms with Gasteiger partial charge in [0, 0.05) is 13.1 Å². The van der Waals surface area contributed by atoms with Crippen molar-refractivity contribution in [2.24, 2.45) is 0 Å². The molecule has 0 unspecified atom stereocenters. The van der Waals surface area contributed by atoms with Crippen LogP contribution in [0.3, 0.4) is 0 Å². The number of alkyl halides is 2. The minimum absolute atomic E-state index is 0.102. The van der Waals surface area contributed by atoms with Gasteiger partial charge in [-0.15, -0.1) is 0 Å². The minimum Gasteiger partial charge on any atom is -0.454 e. The first kappa shape index (κ1) is 11.6. The van der Waals surface area contributed by atoms with Crippen molar-refractivity contribution in [2.45, 2.75) is 13.3 Å². The van der Waals surface area contributed by atoms with Crippen LogP contribution in [0.2, 0.25) is 0 Å². The lowest BCUT2D eigenvalue weighted by molar-refractivity contribution is -0.128. The Morgan fingerprint density at radius 2 is 1.94 bits per heavy atom. The number of benzene rings is 1. The first-order valence-corrected chi connectivity index (χ1v) is 4.96. The summed E-state index contributed by atoms with van der Waals surface area (Å²) in [5.74, 6) is -0.226. The molecule has 4 nitrogen and oxygen atoms in total. The van der Waals surface area contributed by atoms with Gasteiger partial charge in [-0.05, 0) is 18.6 Å². The van der Waals surface area contributed by atoms with E-state index in [0.717, 1.165) is 4.90 Å². The van der Waals surface area contributed by atoms with E-state index < -0.39 is 12.3 Å². The minimum atomic E-state index is -3.02. The van der Waals surface area contributed by atoms with Gasteiger partial charge in [0.05, 0.1) is 5.69 Å². The van der Waals surface area contributed by atoms with E-state index in [1.807, 2.05) is 0 Å². The quantitative estimate of drug-likeness (QED) is 0.796. The highest BCUT2D eigenvalue weighted by Gasteiger charge is 2.24. The lowest BCUT2D eigenvalue weighted by Gasteiger charge is -2.19. The molecule has 6 heteroatoms. The van der Waals surface area contributed by atoms with Gasteiger partial charge in [0.15, 0.2) is 11.5 Å². The molecule has 0 aromatic heterocycles. The Bertz CT molecular complexity index is 462. The van der Waals surface area contributed by atoms with Crippen molar-refractivity contribution >= 4 is 11.6 Å². The summed E-state index contributed by atoms with van der Waals surface area (Å²) in [7, 11) is 1.30. The molecule has 0 fully saturated rings. The Morgan fingerprint density at radius 3 is 2.53 bits per heavy atom. The topological polar surface area (TPSA) is 38.8 Å². The molecular weight excluding hydrogens is 232 g/mol. The molecule has 0 spiro atoms. The average molecular weight is 243 g/mol. The summed E-state index contributed by atoms with van der Waals surface area (Å²) in [5, 5.41) is 0.